The first-order valence-corrected chi connectivity index (χ1v) is 6.84. The van der Waals surface area contributed by atoms with Gasteiger partial charge in [-0.2, -0.15) is 5.10 Å². The zero-order valence-corrected chi connectivity index (χ0v) is 12.1. The Kier molecular flexibility index (Phi) is 4.32. The van der Waals surface area contributed by atoms with E-state index in [0.717, 1.165) is 24.4 Å². The summed E-state index contributed by atoms with van der Waals surface area (Å²) in [5, 5.41) is 8.06. The minimum absolute atomic E-state index is 0.168. The lowest BCUT2D eigenvalue weighted by molar-refractivity contribution is 0.623. The molecule has 19 heavy (non-hydrogen) atoms. The molecule has 2 heterocycles. The van der Waals surface area contributed by atoms with Crippen LogP contribution in [0.3, 0.4) is 0 Å². The lowest BCUT2D eigenvalue weighted by Crippen LogP contribution is -2.22. The Hall–Kier alpha value is -1.68. The van der Waals surface area contributed by atoms with E-state index in [2.05, 4.69) is 47.6 Å². The standard InChI is InChI=1S/C15H22N4/c1-5-14-13(10-19(4)18-14)15(16-6-2)12-8-7-11(3)17-9-12/h7-10,15-16H,5-6H2,1-4H3. The average Bonchev–Trinajstić information content (AvgIpc) is 2.78. The van der Waals surface area contributed by atoms with E-state index in [1.165, 1.54) is 11.1 Å². The third-order valence-electron chi connectivity index (χ3n) is 3.26. The van der Waals surface area contributed by atoms with Gasteiger partial charge < -0.3 is 5.32 Å². The van der Waals surface area contributed by atoms with Crippen LogP contribution in [0.15, 0.2) is 24.5 Å². The highest BCUT2D eigenvalue weighted by atomic mass is 15.3. The minimum atomic E-state index is 0.168. The molecule has 0 aromatic carbocycles. The van der Waals surface area contributed by atoms with E-state index in [1.807, 2.05) is 24.9 Å². The summed E-state index contributed by atoms with van der Waals surface area (Å²) in [6, 6.07) is 4.37. The van der Waals surface area contributed by atoms with E-state index in [4.69, 9.17) is 0 Å². The number of aromatic nitrogens is 3. The zero-order valence-electron chi connectivity index (χ0n) is 12.1. The number of hydrogen-bond acceptors (Lipinski definition) is 3. The van der Waals surface area contributed by atoms with Crippen LogP contribution in [-0.2, 0) is 13.5 Å². The monoisotopic (exact) mass is 258 g/mol. The predicted octanol–water partition coefficient (Wildman–Crippen LogP) is 2.38. The number of pyridine rings is 1. The molecule has 1 atom stereocenters. The molecule has 102 valence electrons. The first-order valence-electron chi connectivity index (χ1n) is 6.84. The molecule has 0 aliphatic heterocycles. The summed E-state index contributed by atoms with van der Waals surface area (Å²) < 4.78 is 1.89. The third-order valence-corrected chi connectivity index (χ3v) is 3.26. The van der Waals surface area contributed by atoms with Crippen LogP contribution in [0, 0.1) is 6.92 Å². The van der Waals surface area contributed by atoms with Crippen molar-refractivity contribution in [2.24, 2.45) is 7.05 Å². The van der Waals surface area contributed by atoms with Crippen LogP contribution < -0.4 is 5.32 Å². The fourth-order valence-electron chi connectivity index (χ4n) is 2.33. The molecule has 2 rings (SSSR count). The summed E-state index contributed by atoms with van der Waals surface area (Å²) in [6.45, 7) is 7.18. The molecular weight excluding hydrogens is 236 g/mol. The Morgan fingerprint density at radius 1 is 1.32 bits per heavy atom. The summed E-state index contributed by atoms with van der Waals surface area (Å²) in [5.41, 5.74) is 4.63. The average molecular weight is 258 g/mol. The predicted molar refractivity (Wildman–Crippen MR) is 77.1 cm³/mol. The highest BCUT2D eigenvalue weighted by Crippen LogP contribution is 2.24. The largest absolute Gasteiger partial charge is 0.306 e. The number of rotatable bonds is 5. The topological polar surface area (TPSA) is 42.7 Å². The molecular formula is C15H22N4. The second-order valence-electron chi connectivity index (χ2n) is 4.78. The Labute approximate surface area is 114 Å². The highest BCUT2D eigenvalue weighted by Gasteiger charge is 2.19. The summed E-state index contributed by atoms with van der Waals surface area (Å²) in [7, 11) is 1.97. The number of hydrogen-bond donors (Lipinski definition) is 1. The van der Waals surface area contributed by atoms with Gasteiger partial charge in [0, 0.05) is 30.7 Å². The number of nitrogens with zero attached hydrogens (tertiary/aromatic N) is 3. The van der Waals surface area contributed by atoms with Crippen molar-refractivity contribution >= 4 is 0 Å². The molecule has 1 N–H and O–H groups in total. The summed E-state index contributed by atoms with van der Waals surface area (Å²) in [6.07, 6.45) is 5.00. The minimum Gasteiger partial charge on any atom is -0.306 e. The molecule has 0 saturated carbocycles. The SMILES string of the molecule is CCNC(c1ccc(C)nc1)c1cn(C)nc1CC. The van der Waals surface area contributed by atoms with Gasteiger partial charge in [-0.1, -0.05) is 19.9 Å². The molecule has 0 saturated heterocycles. The van der Waals surface area contributed by atoms with Gasteiger partial charge in [0.1, 0.15) is 0 Å². The van der Waals surface area contributed by atoms with Gasteiger partial charge in [-0.15, -0.1) is 0 Å². The second kappa shape index (κ2) is 5.97. The number of aryl methyl sites for hydroxylation is 3. The van der Waals surface area contributed by atoms with E-state index >= 15 is 0 Å². The molecule has 0 spiro atoms. The van der Waals surface area contributed by atoms with Crippen molar-refractivity contribution in [2.75, 3.05) is 6.54 Å². The van der Waals surface area contributed by atoms with Crippen molar-refractivity contribution in [1.82, 2.24) is 20.1 Å². The van der Waals surface area contributed by atoms with E-state index < -0.39 is 0 Å². The molecule has 0 bridgehead atoms. The molecule has 1 unspecified atom stereocenters. The molecule has 0 fully saturated rings. The van der Waals surface area contributed by atoms with Crippen LogP contribution in [0.1, 0.15) is 42.4 Å². The Bertz CT molecular complexity index is 528. The molecule has 2 aromatic heterocycles. The maximum absolute atomic E-state index is 4.53. The van der Waals surface area contributed by atoms with Crippen molar-refractivity contribution < 1.29 is 0 Å². The van der Waals surface area contributed by atoms with Crippen LogP contribution in [0.5, 0.6) is 0 Å². The normalized spacial score (nSPS) is 12.6. The molecule has 4 nitrogen and oxygen atoms in total. The van der Waals surface area contributed by atoms with Crippen LogP contribution >= 0.6 is 0 Å². The summed E-state index contributed by atoms with van der Waals surface area (Å²) in [4.78, 5) is 4.40. The van der Waals surface area contributed by atoms with Crippen LogP contribution in [0.2, 0.25) is 0 Å². The van der Waals surface area contributed by atoms with E-state index in [-0.39, 0.29) is 6.04 Å². The first kappa shape index (κ1) is 13.7. The van der Waals surface area contributed by atoms with Gasteiger partial charge in [0.2, 0.25) is 0 Å². The van der Waals surface area contributed by atoms with Crippen molar-refractivity contribution in [2.45, 2.75) is 33.2 Å². The van der Waals surface area contributed by atoms with Crippen molar-refractivity contribution in [3.05, 3.63) is 47.0 Å². The van der Waals surface area contributed by atoms with Gasteiger partial charge >= 0.3 is 0 Å². The zero-order chi connectivity index (χ0) is 13.8. The molecule has 0 aliphatic carbocycles. The quantitative estimate of drug-likeness (QED) is 0.895. The van der Waals surface area contributed by atoms with Gasteiger partial charge in [-0.25, -0.2) is 0 Å². The smallest absolute Gasteiger partial charge is 0.0673 e. The molecule has 4 heteroatoms. The second-order valence-corrected chi connectivity index (χ2v) is 4.78. The Balaban J connectivity index is 2.41. The van der Waals surface area contributed by atoms with Crippen molar-refractivity contribution in [3.8, 4) is 0 Å². The highest BCUT2D eigenvalue weighted by molar-refractivity contribution is 5.32. The lowest BCUT2D eigenvalue weighted by Gasteiger charge is -2.18. The summed E-state index contributed by atoms with van der Waals surface area (Å²) >= 11 is 0. The molecule has 0 radical (unpaired) electrons. The van der Waals surface area contributed by atoms with Crippen molar-refractivity contribution in [3.63, 3.8) is 0 Å². The summed E-state index contributed by atoms with van der Waals surface area (Å²) in [5.74, 6) is 0. The van der Waals surface area contributed by atoms with Gasteiger partial charge in [0.15, 0.2) is 0 Å². The van der Waals surface area contributed by atoms with Crippen molar-refractivity contribution in [1.29, 1.82) is 0 Å². The van der Waals surface area contributed by atoms with E-state index in [1.54, 1.807) is 0 Å². The van der Waals surface area contributed by atoms with Gasteiger partial charge in [-0.05, 0) is 31.5 Å². The Morgan fingerprint density at radius 3 is 2.68 bits per heavy atom. The van der Waals surface area contributed by atoms with Gasteiger partial charge in [-0.3, -0.25) is 9.67 Å². The fourth-order valence-corrected chi connectivity index (χ4v) is 2.33. The lowest BCUT2D eigenvalue weighted by atomic mass is 9.99. The molecule has 2 aromatic rings. The van der Waals surface area contributed by atoms with Crippen LogP contribution in [0.4, 0.5) is 0 Å². The van der Waals surface area contributed by atoms with Gasteiger partial charge in [0.05, 0.1) is 11.7 Å². The fraction of sp³-hybridized carbons (Fsp3) is 0.467. The van der Waals surface area contributed by atoms with Crippen LogP contribution in [0.25, 0.3) is 0 Å². The number of nitrogens with one attached hydrogen (secondary N) is 1. The molecule has 0 aliphatic rings. The third kappa shape index (κ3) is 3.01. The van der Waals surface area contributed by atoms with E-state index in [0.29, 0.717) is 0 Å². The van der Waals surface area contributed by atoms with Crippen LogP contribution in [-0.4, -0.2) is 21.3 Å². The molecule has 0 amide bonds. The first-order chi connectivity index (χ1) is 9.15. The Morgan fingerprint density at radius 2 is 2.11 bits per heavy atom. The van der Waals surface area contributed by atoms with E-state index in [9.17, 15) is 0 Å². The maximum Gasteiger partial charge on any atom is 0.0673 e. The maximum atomic E-state index is 4.53. The van der Waals surface area contributed by atoms with Gasteiger partial charge in [0.25, 0.3) is 0 Å².